The van der Waals surface area contributed by atoms with Gasteiger partial charge in [0, 0.05) is 16.2 Å². The smallest absolute Gasteiger partial charge is 0.333 e. The van der Waals surface area contributed by atoms with Crippen molar-refractivity contribution in [3.05, 3.63) is 60.2 Å². The maximum absolute atomic E-state index is 11.4. The lowest BCUT2D eigenvalue weighted by atomic mass is 10.1. The van der Waals surface area contributed by atoms with E-state index in [1.807, 2.05) is 68.4 Å². The van der Waals surface area contributed by atoms with Crippen molar-refractivity contribution in [1.82, 2.24) is 0 Å². The highest BCUT2D eigenvalue weighted by Gasteiger charge is 2.21. The molecule has 3 nitrogen and oxygen atoms in total. The monoisotopic (exact) mass is 316 g/mol. The summed E-state index contributed by atoms with van der Waals surface area (Å²) >= 11 is 1.64. The van der Waals surface area contributed by atoms with E-state index in [1.54, 1.807) is 11.8 Å². The van der Waals surface area contributed by atoms with Crippen LogP contribution in [0.3, 0.4) is 0 Å². The molecule has 0 aliphatic heterocycles. The molecule has 0 aliphatic rings. The predicted octanol–water partition coefficient (Wildman–Crippen LogP) is 4.26. The Balaban J connectivity index is 2.18. The van der Waals surface area contributed by atoms with Gasteiger partial charge in [-0.15, -0.1) is 0 Å². The minimum Gasteiger partial charge on any atom is -0.479 e. The number of hydrogen-bond acceptors (Lipinski definition) is 3. The second kappa shape index (κ2) is 8.01. The fourth-order valence-electron chi connectivity index (χ4n) is 2.11. The maximum atomic E-state index is 11.4. The molecule has 22 heavy (non-hydrogen) atoms. The molecule has 0 saturated heterocycles. The van der Waals surface area contributed by atoms with Gasteiger partial charge in [0.1, 0.15) is 0 Å². The summed E-state index contributed by atoms with van der Waals surface area (Å²) in [5.74, 6) is -0.923. The van der Waals surface area contributed by atoms with Crippen molar-refractivity contribution in [2.45, 2.75) is 42.3 Å². The van der Waals surface area contributed by atoms with Crippen molar-refractivity contribution < 1.29 is 14.6 Å². The standard InChI is InChI=1S/C18H20O3S/c1-13(2)21-16(18(19)20)12-14-8-6-7-11-17(14)22-15-9-4-3-5-10-15/h3-11,13,16H,12H2,1-2H3,(H,19,20). The molecule has 1 unspecified atom stereocenters. The Morgan fingerprint density at radius 1 is 1.09 bits per heavy atom. The first-order chi connectivity index (χ1) is 10.6. The van der Waals surface area contributed by atoms with Gasteiger partial charge in [-0.25, -0.2) is 4.79 Å². The van der Waals surface area contributed by atoms with Gasteiger partial charge < -0.3 is 9.84 Å². The summed E-state index contributed by atoms with van der Waals surface area (Å²) < 4.78 is 5.51. The van der Waals surface area contributed by atoms with Gasteiger partial charge in [0.05, 0.1) is 6.10 Å². The lowest BCUT2D eigenvalue weighted by molar-refractivity contribution is -0.153. The number of carbonyl (C=O) groups is 1. The Hall–Kier alpha value is -1.78. The molecular formula is C18H20O3S. The third-order valence-corrected chi connectivity index (χ3v) is 4.19. The highest BCUT2D eigenvalue weighted by molar-refractivity contribution is 7.99. The Labute approximate surface area is 135 Å². The van der Waals surface area contributed by atoms with Crippen molar-refractivity contribution in [2.75, 3.05) is 0 Å². The first-order valence-electron chi connectivity index (χ1n) is 7.25. The molecule has 1 N–H and O–H groups in total. The van der Waals surface area contributed by atoms with E-state index in [0.717, 1.165) is 15.4 Å². The summed E-state index contributed by atoms with van der Waals surface area (Å²) in [6.45, 7) is 3.70. The molecule has 0 spiro atoms. The lowest BCUT2D eigenvalue weighted by Gasteiger charge is -2.18. The average molecular weight is 316 g/mol. The van der Waals surface area contributed by atoms with Gasteiger partial charge in [-0.1, -0.05) is 48.2 Å². The number of carboxylic acid groups (broad SMARTS) is 1. The highest BCUT2D eigenvalue weighted by atomic mass is 32.2. The summed E-state index contributed by atoms with van der Waals surface area (Å²) in [7, 11) is 0. The summed E-state index contributed by atoms with van der Waals surface area (Å²) in [4.78, 5) is 13.6. The molecule has 2 aromatic rings. The molecule has 0 fully saturated rings. The van der Waals surface area contributed by atoms with Crippen LogP contribution in [0.15, 0.2) is 64.4 Å². The third-order valence-electron chi connectivity index (χ3n) is 3.06. The molecule has 0 radical (unpaired) electrons. The van der Waals surface area contributed by atoms with Gasteiger partial charge >= 0.3 is 5.97 Å². The molecule has 4 heteroatoms. The second-order valence-corrected chi connectivity index (χ2v) is 6.35. The van der Waals surface area contributed by atoms with Crippen LogP contribution in [0.1, 0.15) is 19.4 Å². The Bertz CT molecular complexity index is 611. The van der Waals surface area contributed by atoms with Crippen LogP contribution in [0, 0.1) is 0 Å². The van der Waals surface area contributed by atoms with Crippen LogP contribution in [0.2, 0.25) is 0 Å². The van der Waals surface area contributed by atoms with Gasteiger partial charge in [-0.3, -0.25) is 0 Å². The van der Waals surface area contributed by atoms with Gasteiger partial charge in [-0.2, -0.15) is 0 Å². The van der Waals surface area contributed by atoms with Crippen molar-refractivity contribution >= 4 is 17.7 Å². The quantitative estimate of drug-likeness (QED) is 0.829. The minimum absolute atomic E-state index is 0.116. The number of benzene rings is 2. The molecule has 0 aliphatic carbocycles. The van der Waals surface area contributed by atoms with Crippen LogP contribution in [0.25, 0.3) is 0 Å². The SMILES string of the molecule is CC(C)OC(Cc1ccccc1Sc1ccccc1)C(=O)O. The van der Waals surface area contributed by atoms with E-state index in [1.165, 1.54) is 0 Å². The Kier molecular flexibility index (Phi) is 6.04. The molecular weight excluding hydrogens is 296 g/mol. The average Bonchev–Trinajstić information content (AvgIpc) is 2.49. The number of hydrogen-bond donors (Lipinski definition) is 1. The Morgan fingerprint density at radius 3 is 2.36 bits per heavy atom. The van der Waals surface area contributed by atoms with E-state index in [0.29, 0.717) is 6.42 Å². The summed E-state index contributed by atoms with van der Waals surface area (Å²) in [5, 5.41) is 9.33. The molecule has 2 aromatic carbocycles. The van der Waals surface area contributed by atoms with Crippen LogP contribution < -0.4 is 0 Å². The number of ether oxygens (including phenoxy) is 1. The van der Waals surface area contributed by atoms with Crippen LogP contribution in [0.5, 0.6) is 0 Å². The first-order valence-corrected chi connectivity index (χ1v) is 8.07. The Morgan fingerprint density at radius 2 is 1.73 bits per heavy atom. The normalized spacial score (nSPS) is 12.3. The number of carboxylic acids is 1. The molecule has 2 rings (SSSR count). The van der Waals surface area contributed by atoms with Crippen LogP contribution in [0.4, 0.5) is 0 Å². The summed E-state index contributed by atoms with van der Waals surface area (Å²) in [5.41, 5.74) is 0.990. The van der Waals surface area contributed by atoms with Gasteiger partial charge in [-0.05, 0) is 37.6 Å². The van der Waals surface area contributed by atoms with Crippen LogP contribution >= 0.6 is 11.8 Å². The van der Waals surface area contributed by atoms with Crippen molar-refractivity contribution in [3.8, 4) is 0 Å². The van der Waals surface area contributed by atoms with E-state index >= 15 is 0 Å². The van der Waals surface area contributed by atoms with E-state index < -0.39 is 12.1 Å². The minimum atomic E-state index is -0.923. The summed E-state index contributed by atoms with van der Waals surface area (Å²) in [6.07, 6.45) is -0.573. The number of aliphatic carboxylic acids is 1. The topological polar surface area (TPSA) is 46.5 Å². The zero-order valence-electron chi connectivity index (χ0n) is 12.7. The van der Waals surface area contributed by atoms with E-state index in [4.69, 9.17) is 4.74 Å². The number of rotatable bonds is 7. The van der Waals surface area contributed by atoms with E-state index in [-0.39, 0.29) is 6.10 Å². The molecule has 0 saturated carbocycles. The predicted molar refractivity (Wildman–Crippen MR) is 88.4 cm³/mol. The van der Waals surface area contributed by atoms with Crippen LogP contribution in [-0.2, 0) is 16.0 Å². The molecule has 0 amide bonds. The largest absolute Gasteiger partial charge is 0.479 e. The zero-order chi connectivity index (χ0) is 15.9. The first kappa shape index (κ1) is 16.6. The third kappa shape index (κ3) is 4.90. The van der Waals surface area contributed by atoms with Crippen LogP contribution in [-0.4, -0.2) is 23.3 Å². The van der Waals surface area contributed by atoms with Crippen molar-refractivity contribution in [1.29, 1.82) is 0 Å². The molecule has 0 aromatic heterocycles. The zero-order valence-corrected chi connectivity index (χ0v) is 13.5. The van der Waals surface area contributed by atoms with Gasteiger partial charge in [0.25, 0.3) is 0 Å². The lowest BCUT2D eigenvalue weighted by Crippen LogP contribution is -2.29. The maximum Gasteiger partial charge on any atom is 0.333 e. The molecule has 0 bridgehead atoms. The summed E-state index contributed by atoms with van der Waals surface area (Å²) in [6, 6.07) is 17.9. The second-order valence-electron chi connectivity index (χ2n) is 5.24. The molecule has 116 valence electrons. The van der Waals surface area contributed by atoms with Crippen molar-refractivity contribution in [2.24, 2.45) is 0 Å². The molecule has 1 atom stereocenters. The van der Waals surface area contributed by atoms with E-state index in [2.05, 4.69) is 0 Å². The molecule has 0 heterocycles. The fraction of sp³-hybridized carbons (Fsp3) is 0.278. The van der Waals surface area contributed by atoms with Gasteiger partial charge in [0.2, 0.25) is 0 Å². The fourth-order valence-corrected chi connectivity index (χ4v) is 3.09. The van der Waals surface area contributed by atoms with Crippen molar-refractivity contribution in [3.63, 3.8) is 0 Å². The van der Waals surface area contributed by atoms with E-state index in [9.17, 15) is 9.90 Å². The highest BCUT2D eigenvalue weighted by Crippen LogP contribution is 2.31. The van der Waals surface area contributed by atoms with Gasteiger partial charge in [0.15, 0.2) is 6.10 Å².